The van der Waals surface area contributed by atoms with Crippen LogP contribution in [0.5, 0.6) is 0 Å². The van der Waals surface area contributed by atoms with E-state index in [1.54, 1.807) is 0 Å². The van der Waals surface area contributed by atoms with Crippen molar-refractivity contribution in [2.24, 2.45) is 56.2 Å². The molecule has 0 aromatic carbocycles. The maximum atomic E-state index is 11.0. The molecule has 6 aliphatic carbocycles. The summed E-state index contributed by atoms with van der Waals surface area (Å²) >= 11 is 0. The molecule has 6 rings (SSSR count). The zero-order valence-corrected chi connectivity index (χ0v) is 23.6. The number of hydrogen-bond acceptors (Lipinski definition) is 1. The average Bonchev–Trinajstić information content (AvgIpc) is 3.56. The monoisotopic (exact) mass is 466 g/mol. The first-order valence-electron chi connectivity index (χ1n) is 15.2. The van der Waals surface area contributed by atoms with Crippen LogP contribution in [0.1, 0.15) is 132 Å². The van der Waals surface area contributed by atoms with Crippen molar-refractivity contribution in [2.75, 3.05) is 0 Å². The van der Waals surface area contributed by atoms with E-state index < -0.39 is 0 Å². The molecular formula is C33H54O. The highest BCUT2D eigenvalue weighted by Gasteiger charge is 2.68. The molecule has 6 aliphatic rings. The fourth-order valence-corrected chi connectivity index (χ4v) is 11.6. The molecule has 1 N–H and O–H groups in total. The number of hydrogen-bond donors (Lipinski definition) is 1. The van der Waals surface area contributed by atoms with E-state index in [0.29, 0.717) is 33.0 Å². The van der Waals surface area contributed by atoms with E-state index in [1.807, 2.05) is 5.57 Å². The summed E-state index contributed by atoms with van der Waals surface area (Å²) in [6.07, 6.45) is 20.8. The molecule has 0 heterocycles. The lowest BCUT2D eigenvalue weighted by Crippen LogP contribution is -2.64. The molecule has 8 atom stereocenters. The summed E-state index contributed by atoms with van der Waals surface area (Å²) < 4.78 is 0. The van der Waals surface area contributed by atoms with Gasteiger partial charge in [0, 0.05) is 0 Å². The van der Waals surface area contributed by atoms with Crippen molar-refractivity contribution in [1.82, 2.24) is 0 Å². The first-order chi connectivity index (χ1) is 15.8. The Balaban J connectivity index is 1.41. The summed E-state index contributed by atoms with van der Waals surface area (Å²) in [5, 5.41) is 11.0. The molecule has 0 aliphatic heterocycles. The topological polar surface area (TPSA) is 20.2 Å². The first-order valence-corrected chi connectivity index (χ1v) is 15.2. The first kappa shape index (κ1) is 24.1. The highest BCUT2D eigenvalue weighted by molar-refractivity contribution is 5.34. The SMILES string of the molecule is CC1(C)CC[C@]2(CC3CC3)CC[C@]3(C)C(=CC[C@@H]4[C@@]5(C)CC[C@H](O)C(C)(C)[C@@H]5CC[C@]43C)C2C1. The highest BCUT2D eigenvalue weighted by Crippen LogP contribution is 2.76. The molecule has 34 heavy (non-hydrogen) atoms. The summed E-state index contributed by atoms with van der Waals surface area (Å²) in [5.41, 5.74) is 4.25. The zero-order chi connectivity index (χ0) is 24.4. The van der Waals surface area contributed by atoms with Crippen molar-refractivity contribution in [3.05, 3.63) is 11.6 Å². The van der Waals surface area contributed by atoms with Crippen molar-refractivity contribution < 1.29 is 5.11 Å². The van der Waals surface area contributed by atoms with Gasteiger partial charge in [-0.25, -0.2) is 0 Å². The molecule has 0 bridgehead atoms. The third-order valence-electron chi connectivity index (χ3n) is 14.2. The molecule has 0 saturated heterocycles. The third kappa shape index (κ3) is 3.07. The van der Waals surface area contributed by atoms with Gasteiger partial charge < -0.3 is 5.11 Å². The van der Waals surface area contributed by atoms with Gasteiger partial charge in [0.1, 0.15) is 0 Å². The second-order valence-electron chi connectivity index (χ2n) is 16.6. The van der Waals surface area contributed by atoms with Gasteiger partial charge in [0.05, 0.1) is 6.10 Å². The van der Waals surface area contributed by atoms with Crippen LogP contribution < -0.4 is 0 Å². The normalized spacial score (nSPS) is 53.6. The number of rotatable bonds is 2. The molecule has 0 aromatic heterocycles. The van der Waals surface area contributed by atoms with Crippen molar-refractivity contribution in [3.63, 3.8) is 0 Å². The van der Waals surface area contributed by atoms with E-state index in [9.17, 15) is 5.11 Å². The molecule has 192 valence electrons. The molecule has 0 spiro atoms. The molecule has 0 amide bonds. The minimum Gasteiger partial charge on any atom is -0.393 e. The fourth-order valence-electron chi connectivity index (χ4n) is 11.6. The van der Waals surface area contributed by atoms with Crippen LogP contribution in [0.15, 0.2) is 11.6 Å². The Bertz CT molecular complexity index is 877. The van der Waals surface area contributed by atoms with E-state index in [1.165, 1.54) is 77.0 Å². The summed E-state index contributed by atoms with van der Waals surface area (Å²) in [7, 11) is 0. The molecule has 1 unspecified atom stereocenters. The molecule has 0 aromatic rings. The summed E-state index contributed by atoms with van der Waals surface area (Å²) in [5.74, 6) is 3.31. The predicted molar refractivity (Wildman–Crippen MR) is 142 cm³/mol. The fraction of sp³-hybridized carbons (Fsp3) is 0.939. The summed E-state index contributed by atoms with van der Waals surface area (Å²) in [4.78, 5) is 0. The third-order valence-corrected chi connectivity index (χ3v) is 14.2. The zero-order valence-electron chi connectivity index (χ0n) is 23.6. The van der Waals surface area contributed by atoms with Gasteiger partial charge in [-0.15, -0.1) is 0 Å². The van der Waals surface area contributed by atoms with Gasteiger partial charge in [0.25, 0.3) is 0 Å². The number of aliphatic hydroxyl groups excluding tert-OH is 1. The Labute approximate surface area is 210 Å². The molecular weight excluding hydrogens is 412 g/mol. The second-order valence-corrected chi connectivity index (χ2v) is 16.6. The number of fused-ring (bicyclic) bond motifs is 7. The van der Waals surface area contributed by atoms with E-state index >= 15 is 0 Å². The quantitative estimate of drug-likeness (QED) is 0.403. The molecule has 1 nitrogen and oxygen atoms in total. The van der Waals surface area contributed by atoms with Gasteiger partial charge >= 0.3 is 0 Å². The Kier molecular flexibility index (Phi) is 5.07. The van der Waals surface area contributed by atoms with E-state index in [-0.39, 0.29) is 11.5 Å². The van der Waals surface area contributed by atoms with Crippen LogP contribution in [0.3, 0.4) is 0 Å². The summed E-state index contributed by atoms with van der Waals surface area (Å²) in [6, 6.07) is 0. The van der Waals surface area contributed by atoms with Gasteiger partial charge in [-0.1, -0.05) is 73.0 Å². The Morgan fingerprint density at radius 1 is 0.794 bits per heavy atom. The lowest BCUT2D eigenvalue weighted by atomic mass is 9.33. The minimum atomic E-state index is -0.123. The van der Waals surface area contributed by atoms with E-state index in [4.69, 9.17) is 0 Å². The smallest absolute Gasteiger partial charge is 0.0594 e. The Morgan fingerprint density at radius 3 is 2.21 bits per heavy atom. The van der Waals surface area contributed by atoms with Crippen molar-refractivity contribution in [3.8, 4) is 0 Å². The lowest BCUT2D eigenvalue weighted by Gasteiger charge is -2.71. The largest absolute Gasteiger partial charge is 0.393 e. The van der Waals surface area contributed by atoms with Crippen LogP contribution in [0.2, 0.25) is 0 Å². The molecule has 5 saturated carbocycles. The number of aliphatic hydroxyl groups is 1. The van der Waals surface area contributed by atoms with Crippen molar-refractivity contribution in [1.29, 1.82) is 0 Å². The van der Waals surface area contributed by atoms with Crippen LogP contribution in [-0.2, 0) is 0 Å². The van der Waals surface area contributed by atoms with Crippen molar-refractivity contribution in [2.45, 2.75) is 138 Å². The van der Waals surface area contributed by atoms with Crippen molar-refractivity contribution >= 4 is 0 Å². The lowest BCUT2D eigenvalue weighted by molar-refractivity contribution is -0.203. The van der Waals surface area contributed by atoms with Gasteiger partial charge in [-0.2, -0.15) is 0 Å². The van der Waals surface area contributed by atoms with Crippen LogP contribution in [0, 0.1) is 56.2 Å². The van der Waals surface area contributed by atoms with Crippen LogP contribution >= 0.6 is 0 Å². The molecule has 1 heteroatoms. The highest BCUT2D eigenvalue weighted by atomic mass is 16.3. The minimum absolute atomic E-state index is 0.0542. The van der Waals surface area contributed by atoms with Crippen LogP contribution in [0.25, 0.3) is 0 Å². The Hall–Kier alpha value is -0.300. The number of allylic oxidation sites excluding steroid dienone is 2. The van der Waals surface area contributed by atoms with Gasteiger partial charge in [0.15, 0.2) is 0 Å². The van der Waals surface area contributed by atoms with Gasteiger partial charge in [-0.05, 0) is 127 Å². The van der Waals surface area contributed by atoms with Crippen LogP contribution in [0.4, 0.5) is 0 Å². The van der Waals surface area contributed by atoms with Crippen LogP contribution in [-0.4, -0.2) is 11.2 Å². The standard InChI is InChI=1S/C33H54O/c1-28(2)16-18-33(20-22-8-9-22)19-17-31(6)23(24(33)21-28)10-11-26-30(5)14-13-27(34)29(3,4)25(30)12-15-32(26,31)7/h10,22,24-27,34H,8-9,11-21H2,1-7H3/t24?,25-,26+,27-,30-,31+,32+,33+/m0/s1. The predicted octanol–water partition coefficient (Wildman–Crippen LogP) is 8.95. The van der Waals surface area contributed by atoms with E-state index in [2.05, 4.69) is 54.5 Å². The second kappa shape index (κ2) is 7.17. The molecule has 5 fully saturated rings. The van der Waals surface area contributed by atoms with E-state index in [0.717, 1.165) is 24.2 Å². The van der Waals surface area contributed by atoms with Gasteiger partial charge in [-0.3, -0.25) is 0 Å². The maximum absolute atomic E-state index is 11.0. The molecule has 0 radical (unpaired) electrons. The average molecular weight is 467 g/mol. The summed E-state index contributed by atoms with van der Waals surface area (Å²) in [6.45, 7) is 18.0. The Morgan fingerprint density at radius 2 is 1.50 bits per heavy atom. The van der Waals surface area contributed by atoms with Gasteiger partial charge in [0.2, 0.25) is 0 Å². The maximum Gasteiger partial charge on any atom is 0.0594 e.